The second kappa shape index (κ2) is 6.27. The van der Waals surface area contributed by atoms with Crippen LogP contribution in [0, 0.1) is 6.92 Å². The highest BCUT2D eigenvalue weighted by Gasteiger charge is 2.25. The van der Waals surface area contributed by atoms with E-state index in [4.69, 9.17) is 10.5 Å². The van der Waals surface area contributed by atoms with Crippen LogP contribution in [0.1, 0.15) is 36.1 Å². The summed E-state index contributed by atoms with van der Waals surface area (Å²) in [6.45, 7) is 4.22. The second-order valence-electron chi connectivity index (χ2n) is 5.58. The molecule has 1 saturated heterocycles. The van der Waals surface area contributed by atoms with Crippen LogP contribution in [-0.4, -0.2) is 45.3 Å². The van der Waals surface area contributed by atoms with Gasteiger partial charge in [0.05, 0.1) is 0 Å². The molecule has 3 heterocycles. The first kappa shape index (κ1) is 14.7. The summed E-state index contributed by atoms with van der Waals surface area (Å²) in [5.74, 6) is 3.09. The molecule has 8 nitrogen and oxygen atoms in total. The number of hydrogen-bond donors (Lipinski definition) is 2. The van der Waals surface area contributed by atoms with E-state index in [2.05, 4.69) is 30.0 Å². The lowest BCUT2D eigenvalue weighted by molar-refractivity contribution is 0.177. The molecular formula is C14H21N7O. The van der Waals surface area contributed by atoms with Gasteiger partial charge in [-0.1, -0.05) is 0 Å². The van der Waals surface area contributed by atoms with Gasteiger partial charge in [0.2, 0.25) is 5.95 Å². The number of rotatable bonds is 4. The van der Waals surface area contributed by atoms with Crippen LogP contribution in [0.5, 0.6) is 0 Å². The first-order valence-corrected chi connectivity index (χ1v) is 7.42. The van der Waals surface area contributed by atoms with Gasteiger partial charge >= 0.3 is 0 Å². The molecule has 2 aromatic heterocycles. The van der Waals surface area contributed by atoms with Gasteiger partial charge in [0.1, 0.15) is 18.2 Å². The summed E-state index contributed by atoms with van der Waals surface area (Å²) in [5, 5.41) is 6.85. The van der Waals surface area contributed by atoms with Crippen LogP contribution >= 0.6 is 0 Å². The maximum atomic E-state index is 5.60. The summed E-state index contributed by atoms with van der Waals surface area (Å²) >= 11 is 0. The molecule has 1 aliphatic heterocycles. The third-order valence-corrected chi connectivity index (χ3v) is 3.81. The zero-order chi connectivity index (χ0) is 15.5. The fourth-order valence-corrected chi connectivity index (χ4v) is 2.85. The number of nitrogens with zero attached hydrogens (tertiary/aromatic N) is 5. The molecule has 0 radical (unpaired) electrons. The summed E-state index contributed by atoms with van der Waals surface area (Å²) < 4.78 is 5.14. The van der Waals surface area contributed by atoms with Crippen LogP contribution in [0.4, 0.5) is 11.8 Å². The van der Waals surface area contributed by atoms with Gasteiger partial charge in [0.15, 0.2) is 5.82 Å². The Labute approximate surface area is 129 Å². The molecule has 22 heavy (non-hydrogen) atoms. The van der Waals surface area contributed by atoms with E-state index in [9.17, 15) is 0 Å². The Morgan fingerprint density at radius 1 is 1.41 bits per heavy atom. The van der Waals surface area contributed by atoms with E-state index in [1.165, 1.54) is 0 Å². The summed E-state index contributed by atoms with van der Waals surface area (Å²) in [5.41, 5.74) is 6.55. The number of methoxy groups -OCH3 is 1. The number of hydrogen-bond acceptors (Lipinski definition) is 7. The zero-order valence-corrected chi connectivity index (χ0v) is 12.9. The van der Waals surface area contributed by atoms with Crippen molar-refractivity contribution in [3.8, 4) is 0 Å². The highest BCUT2D eigenvalue weighted by Crippen LogP contribution is 2.27. The molecule has 8 heteroatoms. The van der Waals surface area contributed by atoms with E-state index in [0.717, 1.165) is 43.3 Å². The van der Waals surface area contributed by atoms with Crippen molar-refractivity contribution < 1.29 is 4.74 Å². The fourth-order valence-electron chi connectivity index (χ4n) is 2.85. The van der Waals surface area contributed by atoms with E-state index < -0.39 is 0 Å². The maximum absolute atomic E-state index is 5.60. The molecule has 118 valence electrons. The Bertz CT molecular complexity index is 642. The molecule has 0 aliphatic carbocycles. The maximum Gasteiger partial charge on any atom is 0.239 e. The minimum Gasteiger partial charge on any atom is -0.377 e. The lowest BCUT2D eigenvalue weighted by Gasteiger charge is -2.32. The van der Waals surface area contributed by atoms with Gasteiger partial charge in [-0.3, -0.25) is 5.10 Å². The monoisotopic (exact) mass is 303 g/mol. The lowest BCUT2D eigenvalue weighted by Crippen LogP contribution is -2.35. The fraction of sp³-hybridized carbons (Fsp3) is 0.571. The SMILES string of the molecule is COCc1nc(C)cc(N2CCC[C@H](c3nc(N)n[nH]3)C2)n1. The minimum absolute atomic E-state index is 0.291. The molecule has 0 amide bonds. The molecule has 0 saturated carbocycles. The highest BCUT2D eigenvalue weighted by atomic mass is 16.5. The van der Waals surface area contributed by atoms with Gasteiger partial charge in [0.25, 0.3) is 0 Å². The molecule has 3 rings (SSSR count). The van der Waals surface area contributed by atoms with Crippen LogP contribution in [0.3, 0.4) is 0 Å². The van der Waals surface area contributed by atoms with Gasteiger partial charge in [-0.05, 0) is 19.8 Å². The minimum atomic E-state index is 0.291. The Kier molecular flexibility index (Phi) is 4.19. The largest absolute Gasteiger partial charge is 0.377 e. The quantitative estimate of drug-likeness (QED) is 0.868. The number of aryl methyl sites for hydroxylation is 1. The number of H-pyrrole nitrogens is 1. The van der Waals surface area contributed by atoms with Crippen molar-refractivity contribution in [2.75, 3.05) is 30.8 Å². The van der Waals surface area contributed by atoms with Crippen LogP contribution in [0.2, 0.25) is 0 Å². The standard InChI is InChI=1S/C14H21N7O/c1-9-6-12(17-11(16-9)8-22-2)21-5-3-4-10(7-21)13-18-14(15)20-19-13/h6,10H,3-5,7-8H2,1-2H3,(H3,15,18,19,20)/t10-/m0/s1. The van der Waals surface area contributed by atoms with Crippen molar-refractivity contribution in [3.63, 3.8) is 0 Å². The molecule has 1 atom stereocenters. The topological polar surface area (TPSA) is 106 Å². The van der Waals surface area contributed by atoms with Crippen LogP contribution < -0.4 is 10.6 Å². The third-order valence-electron chi connectivity index (χ3n) is 3.81. The lowest BCUT2D eigenvalue weighted by atomic mass is 9.97. The van der Waals surface area contributed by atoms with E-state index in [1.807, 2.05) is 13.0 Å². The summed E-state index contributed by atoms with van der Waals surface area (Å²) in [6, 6.07) is 2.01. The Balaban J connectivity index is 1.79. The number of nitrogen functional groups attached to an aromatic ring is 1. The molecule has 0 unspecified atom stereocenters. The Morgan fingerprint density at radius 2 is 2.27 bits per heavy atom. The predicted octanol–water partition coefficient (Wildman–Crippen LogP) is 1.02. The highest BCUT2D eigenvalue weighted by molar-refractivity contribution is 5.41. The number of nitrogens with two attached hydrogens (primary N) is 1. The number of aromatic amines is 1. The number of ether oxygens (including phenoxy) is 1. The van der Waals surface area contributed by atoms with Gasteiger partial charge in [-0.25, -0.2) is 9.97 Å². The van der Waals surface area contributed by atoms with Gasteiger partial charge in [-0.15, -0.1) is 5.10 Å². The average Bonchev–Trinajstić information content (AvgIpc) is 2.94. The van der Waals surface area contributed by atoms with Crippen molar-refractivity contribution in [1.82, 2.24) is 25.1 Å². The Morgan fingerprint density at radius 3 is 3.00 bits per heavy atom. The molecule has 2 aromatic rings. The van der Waals surface area contributed by atoms with Gasteiger partial charge in [-0.2, -0.15) is 4.98 Å². The van der Waals surface area contributed by atoms with E-state index in [-0.39, 0.29) is 0 Å². The molecule has 0 aromatic carbocycles. The molecule has 1 fully saturated rings. The summed E-state index contributed by atoms with van der Waals surface area (Å²) in [6.07, 6.45) is 2.15. The average molecular weight is 303 g/mol. The van der Waals surface area contributed by atoms with Crippen molar-refractivity contribution in [3.05, 3.63) is 23.4 Å². The first-order valence-electron chi connectivity index (χ1n) is 7.42. The molecule has 1 aliphatic rings. The summed E-state index contributed by atoms with van der Waals surface area (Å²) in [4.78, 5) is 15.5. The second-order valence-corrected chi connectivity index (χ2v) is 5.58. The van der Waals surface area contributed by atoms with Crippen LogP contribution in [-0.2, 0) is 11.3 Å². The molecule has 0 spiro atoms. The Hall–Kier alpha value is -2.22. The third kappa shape index (κ3) is 3.16. The van der Waals surface area contributed by atoms with Gasteiger partial charge in [0, 0.05) is 37.9 Å². The first-order chi connectivity index (χ1) is 10.7. The summed E-state index contributed by atoms with van der Waals surface area (Å²) in [7, 11) is 1.65. The van der Waals surface area contributed by atoms with Crippen LogP contribution in [0.15, 0.2) is 6.07 Å². The van der Waals surface area contributed by atoms with Crippen LogP contribution in [0.25, 0.3) is 0 Å². The number of piperidine rings is 1. The van der Waals surface area contributed by atoms with Crippen molar-refractivity contribution >= 4 is 11.8 Å². The number of anilines is 2. The zero-order valence-electron chi connectivity index (χ0n) is 12.9. The number of aromatic nitrogens is 5. The van der Waals surface area contributed by atoms with Crippen molar-refractivity contribution in [2.45, 2.75) is 32.3 Å². The van der Waals surface area contributed by atoms with E-state index >= 15 is 0 Å². The normalized spacial score (nSPS) is 18.6. The molecular weight excluding hydrogens is 282 g/mol. The predicted molar refractivity (Wildman–Crippen MR) is 82.5 cm³/mol. The van der Waals surface area contributed by atoms with Gasteiger partial charge < -0.3 is 15.4 Å². The van der Waals surface area contributed by atoms with Crippen molar-refractivity contribution in [2.24, 2.45) is 0 Å². The van der Waals surface area contributed by atoms with E-state index in [0.29, 0.717) is 24.3 Å². The smallest absolute Gasteiger partial charge is 0.239 e. The van der Waals surface area contributed by atoms with Crippen molar-refractivity contribution in [1.29, 1.82) is 0 Å². The molecule has 0 bridgehead atoms. The molecule has 3 N–H and O–H groups in total. The van der Waals surface area contributed by atoms with E-state index in [1.54, 1.807) is 7.11 Å². The number of nitrogens with one attached hydrogen (secondary N) is 1.